The molecular weight excluding hydrogens is 478 g/mol. The summed E-state index contributed by atoms with van der Waals surface area (Å²) in [6, 6.07) is -1.82. The summed E-state index contributed by atoms with van der Waals surface area (Å²) in [5.74, 6) is -1.71. The molecule has 33 heavy (non-hydrogen) atoms. The summed E-state index contributed by atoms with van der Waals surface area (Å²) in [4.78, 5) is 48.7. The van der Waals surface area contributed by atoms with E-state index in [1.54, 1.807) is 7.05 Å². The van der Waals surface area contributed by atoms with Crippen LogP contribution in [-0.2, 0) is 21.4 Å². The van der Waals surface area contributed by atoms with Gasteiger partial charge in [0, 0.05) is 18.6 Å². The zero-order valence-corrected chi connectivity index (χ0v) is 18.8. The number of hydrogen-bond donors (Lipinski definition) is 2. The molecule has 17 heteroatoms. The highest BCUT2D eigenvalue weighted by molar-refractivity contribution is 8.01. The number of hydrogen-bond acceptors (Lipinski definition) is 11. The number of nitrogens with zero attached hydrogens (tertiary/aromatic N) is 8. The monoisotopic (exact) mass is 495 g/mol. The third-order valence-electron chi connectivity index (χ3n) is 5.08. The van der Waals surface area contributed by atoms with Crippen molar-refractivity contribution in [3.63, 3.8) is 0 Å². The summed E-state index contributed by atoms with van der Waals surface area (Å²) in [5, 5.41) is 38.0. The molecule has 2 aromatic heterocycles. The fraction of sp³-hybridized carbons (Fsp3) is 0.438. The Morgan fingerprint density at radius 2 is 2.24 bits per heavy atom. The van der Waals surface area contributed by atoms with Crippen molar-refractivity contribution in [1.82, 2.24) is 40.2 Å². The number of tetrazole rings is 1. The van der Waals surface area contributed by atoms with Gasteiger partial charge in [-0.1, -0.05) is 11.8 Å². The van der Waals surface area contributed by atoms with Crippen molar-refractivity contribution in [3.05, 3.63) is 33.8 Å². The molecule has 1 fully saturated rings. The van der Waals surface area contributed by atoms with E-state index in [0.717, 1.165) is 17.1 Å². The highest BCUT2D eigenvalue weighted by Crippen LogP contribution is 2.41. The van der Waals surface area contributed by atoms with Gasteiger partial charge in [0.25, 0.3) is 5.91 Å². The normalized spacial score (nSPS) is 20.8. The van der Waals surface area contributed by atoms with Crippen LogP contribution in [0, 0.1) is 10.1 Å². The molecule has 0 aromatic carbocycles. The fourth-order valence-corrected chi connectivity index (χ4v) is 5.65. The van der Waals surface area contributed by atoms with Crippen LogP contribution in [0.1, 0.15) is 13.0 Å². The van der Waals surface area contributed by atoms with E-state index in [9.17, 15) is 29.6 Å². The Morgan fingerprint density at radius 1 is 1.48 bits per heavy atom. The number of carbonyl (C=O) groups is 3. The van der Waals surface area contributed by atoms with Gasteiger partial charge in [-0.3, -0.25) is 29.3 Å². The van der Waals surface area contributed by atoms with Crippen LogP contribution >= 0.6 is 23.5 Å². The summed E-state index contributed by atoms with van der Waals surface area (Å²) in [7, 11) is 1.66. The summed E-state index contributed by atoms with van der Waals surface area (Å²) in [6.45, 7) is 1.49. The summed E-state index contributed by atoms with van der Waals surface area (Å²) in [6.07, 6.45) is 2.15. The van der Waals surface area contributed by atoms with Crippen LogP contribution in [0.4, 0.5) is 5.69 Å². The van der Waals surface area contributed by atoms with Crippen molar-refractivity contribution >= 4 is 47.0 Å². The summed E-state index contributed by atoms with van der Waals surface area (Å²) < 4.78 is 2.59. The van der Waals surface area contributed by atoms with E-state index in [0.29, 0.717) is 16.5 Å². The van der Waals surface area contributed by atoms with Crippen molar-refractivity contribution in [1.29, 1.82) is 0 Å². The standard InChI is InChI=1S/C16H17N9O6S2/c1-7(23-4-9(3-17-23)25(30)31)12(26)18-10-13(27)24-11(15(28)29)8(5-32-14(10)24)6-33-16-19-20-21-22(16)2/h3-4,7,10,14H,5-6H2,1-2H3,(H,18,26)(H,28,29)/t7-,10-,14+/m1/s1. The molecule has 3 atom stereocenters. The number of carboxylic acids is 1. The van der Waals surface area contributed by atoms with Gasteiger partial charge in [-0.05, 0) is 22.9 Å². The number of carboxylic acid groups (broad SMARTS) is 1. The second kappa shape index (κ2) is 8.81. The Kier molecular flexibility index (Phi) is 6.07. The van der Waals surface area contributed by atoms with Gasteiger partial charge in [-0.25, -0.2) is 9.48 Å². The topological polar surface area (TPSA) is 191 Å². The van der Waals surface area contributed by atoms with Crippen molar-refractivity contribution < 1.29 is 24.4 Å². The number of aryl methyl sites for hydroxylation is 1. The number of amides is 2. The minimum Gasteiger partial charge on any atom is -0.477 e. The van der Waals surface area contributed by atoms with Crippen LogP contribution in [0.15, 0.2) is 28.8 Å². The lowest BCUT2D eigenvalue weighted by atomic mass is 10.0. The largest absolute Gasteiger partial charge is 0.477 e. The van der Waals surface area contributed by atoms with Crippen molar-refractivity contribution in [2.45, 2.75) is 29.5 Å². The molecule has 2 aliphatic heterocycles. The van der Waals surface area contributed by atoms with Gasteiger partial charge in [0.2, 0.25) is 11.1 Å². The maximum Gasteiger partial charge on any atom is 0.352 e. The third kappa shape index (κ3) is 4.15. The number of thioether (sulfide) groups is 2. The Bertz CT molecular complexity index is 1180. The summed E-state index contributed by atoms with van der Waals surface area (Å²) in [5.41, 5.74) is 0.182. The first kappa shape index (κ1) is 22.7. The van der Waals surface area contributed by atoms with Crippen LogP contribution in [0.2, 0.25) is 0 Å². The molecule has 0 spiro atoms. The molecule has 2 amide bonds. The summed E-state index contributed by atoms with van der Waals surface area (Å²) >= 11 is 2.59. The van der Waals surface area contributed by atoms with Crippen molar-refractivity contribution in [2.24, 2.45) is 7.05 Å². The molecule has 0 bridgehead atoms. The predicted octanol–water partition coefficient (Wildman–Crippen LogP) is -0.593. The van der Waals surface area contributed by atoms with Crippen LogP contribution < -0.4 is 5.32 Å². The molecule has 1 saturated heterocycles. The molecule has 2 aromatic rings. The molecule has 0 radical (unpaired) electrons. The third-order valence-corrected chi connectivity index (χ3v) is 7.52. The second-order valence-corrected chi connectivity index (χ2v) is 9.19. The number of nitro groups is 1. The predicted molar refractivity (Wildman–Crippen MR) is 113 cm³/mol. The maximum absolute atomic E-state index is 12.8. The number of aromatic nitrogens is 6. The average Bonchev–Trinajstić information content (AvgIpc) is 3.43. The van der Waals surface area contributed by atoms with E-state index in [1.807, 2.05) is 0 Å². The van der Waals surface area contributed by atoms with Gasteiger partial charge < -0.3 is 10.4 Å². The van der Waals surface area contributed by atoms with E-state index in [1.165, 1.54) is 40.0 Å². The Hall–Kier alpha value is -3.47. The molecule has 174 valence electrons. The Balaban J connectivity index is 1.45. The van der Waals surface area contributed by atoms with Crippen LogP contribution in [-0.4, -0.2) is 85.6 Å². The second-order valence-electron chi connectivity index (χ2n) is 7.14. The van der Waals surface area contributed by atoms with E-state index < -0.39 is 40.2 Å². The van der Waals surface area contributed by atoms with Gasteiger partial charge in [0.1, 0.15) is 35.5 Å². The lowest BCUT2D eigenvalue weighted by molar-refractivity contribution is -0.385. The molecule has 0 unspecified atom stereocenters. The smallest absolute Gasteiger partial charge is 0.352 e. The molecule has 15 nitrogen and oxygen atoms in total. The minimum atomic E-state index is -1.23. The first-order valence-electron chi connectivity index (χ1n) is 9.43. The van der Waals surface area contributed by atoms with Crippen molar-refractivity contribution in [3.8, 4) is 0 Å². The molecule has 2 aliphatic rings. The molecule has 0 aliphatic carbocycles. The van der Waals surface area contributed by atoms with Crippen LogP contribution in [0.5, 0.6) is 0 Å². The molecule has 4 heterocycles. The lowest BCUT2D eigenvalue weighted by Gasteiger charge is -2.49. The highest BCUT2D eigenvalue weighted by atomic mass is 32.2. The SMILES string of the molecule is C[C@H](C(=O)N[C@@H]1C(=O)N2C(C(=O)O)=C(CSc3nnnn3C)CS[C@@H]12)n1cc([N+](=O)[O-])cn1. The van der Waals surface area contributed by atoms with Crippen LogP contribution in [0.3, 0.4) is 0 Å². The number of fused-ring (bicyclic) bond motifs is 1. The average molecular weight is 496 g/mol. The highest BCUT2D eigenvalue weighted by Gasteiger charge is 2.54. The van der Waals surface area contributed by atoms with Gasteiger partial charge in [0.05, 0.1) is 4.92 Å². The minimum absolute atomic E-state index is 0.104. The van der Waals surface area contributed by atoms with Gasteiger partial charge >= 0.3 is 11.7 Å². The molecule has 4 rings (SSSR count). The van der Waals surface area contributed by atoms with Gasteiger partial charge in [-0.15, -0.1) is 16.9 Å². The zero-order valence-electron chi connectivity index (χ0n) is 17.2. The molecule has 2 N–H and O–H groups in total. The zero-order chi connectivity index (χ0) is 23.9. The Morgan fingerprint density at radius 3 is 2.85 bits per heavy atom. The molecule has 0 saturated carbocycles. The van der Waals surface area contributed by atoms with Crippen molar-refractivity contribution in [2.75, 3.05) is 11.5 Å². The van der Waals surface area contributed by atoms with E-state index in [4.69, 9.17) is 0 Å². The van der Waals surface area contributed by atoms with Gasteiger partial charge in [-0.2, -0.15) is 5.10 Å². The number of carbonyl (C=O) groups excluding carboxylic acids is 2. The number of aliphatic carboxylic acids is 1. The number of rotatable bonds is 8. The first-order valence-corrected chi connectivity index (χ1v) is 11.5. The van der Waals surface area contributed by atoms with E-state index >= 15 is 0 Å². The maximum atomic E-state index is 12.8. The van der Waals surface area contributed by atoms with E-state index in [-0.39, 0.29) is 17.1 Å². The number of nitrogens with one attached hydrogen (secondary N) is 1. The Labute approximate surface area is 193 Å². The van der Waals surface area contributed by atoms with Crippen LogP contribution in [0.25, 0.3) is 0 Å². The van der Waals surface area contributed by atoms with Gasteiger partial charge in [0.15, 0.2) is 0 Å². The molecular formula is C16H17N9O6S2. The quantitative estimate of drug-likeness (QED) is 0.205. The number of β-lactam (4-membered cyclic amide) rings is 1. The van der Waals surface area contributed by atoms with E-state index in [2.05, 4.69) is 25.9 Å². The lowest BCUT2D eigenvalue weighted by Crippen LogP contribution is -2.71. The fourth-order valence-electron chi connectivity index (χ4n) is 3.32. The first-order chi connectivity index (χ1) is 15.7.